The summed E-state index contributed by atoms with van der Waals surface area (Å²) in [6.45, 7) is 6.75. The average Bonchev–Trinajstić information content (AvgIpc) is 2.33. The lowest BCUT2D eigenvalue weighted by molar-refractivity contribution is -0.119. The van der Waals surface area contributed by atoms with Gasteiger partial charge in [0, 0.05) is 6.42 Å². The molecule has 1 heterocycles. The number of carbonyl (C=O) groups is 1. The zero-order valence-corrected chi connectivity index (χ0v) is 11.4. The van der Waals surface area contributed by atoms with Gasteiger partial charge in [-0.1, -0.05) is 25.5 Å². The smallest absolute Gasteiger partial charge is 0.227 e. The molecule has 0 aromatic heterocycles. The summed E-state index contributed by atoms with van der Waals surface area (Å²) in [6, 6.07) is 7.76. The van der Waals surface area contributed by atoms with Crippen molar-refractivity contribution < 1.29 is 9.53 Å². The number of fused-ring (bicyclic) bond motifs is 1. The number of hydrogen-bond acceptors (Lipinski definition) is 2. The lowest BCUT2D eigenvalue weighted by Crippen LogP contribution is -2.49. The minimum absolute atomic E-state index is 0.195. The Morgan fingerprint density at radius 2 is 2.11 bits per heavy atom. The van der Waals surface area contributed by atoms with Crippen molar-refractivity contribution in [2.24, 2.45) is 0 Å². The summed E-state index contributed by atoms with van der Waals surface area (Å²) in [5.74, 6) is 0.999. The Morgan fingerprint density at radius 1 is 1.39 bits per heavy atom. The molecule has 0 spiro atoms. The Bertz CT molecular complexity index is 440. The molecule has 0 unspecified atom stereocenters. The predicted octanol–water partition coefficient (Wildman–Crippen LogP) is 3.38. The summed E-state index contributed by atoms with van der Waals surface area (Å²) >= 11 is 0. The highest BCUT2D eigenvalue weighted by molar-refractivity contribution is 5.95. The minimum Gasteiger partial charge on any atom is -0.484 e. The van der Waals surface area contributed by atoms with Gasteiger partial charge in [0.05, 0.1) is 12.2 Å². The molecule has 0 aliphatic carbocycles. The molecule has 1 aromatic carbocycles. The first-order valence-electron chi connectivity index (χ1n) is 6.62. The van der Waals surface area contributed by atoms with E-state index in [-0.39, 0.29) is 11.5 Å². The molecule has 1 amide bonds. The molecule has 98 valence electrons. The minimum atomic E-state index is -0.323. The fraction of sp³-hybridized carbons (Fsp3) is 0.533. The molecule has 3 heteroatoms. The monoisotopic (exact) mass is 247 g/mol. The average molecular weight is 247 g/mol. The van der Waals surface area contributed by atoms with E-state index in [1.807, 2.05) is 43.0 Å². The first-order valence-corrected chi connectivity index (χ1v) is 6.62. The molecule has 0 radical (unpaired) electrons. The molecule has 0 saturated heterocycles. The van der Waals surface area contributed by atoms with E-state index in [0.29, 0.717) is 13.0 Å². The fourth-order valence-corrected chi connectivity index (χ4v) is 2.25. The van der Waals surface area contributed by atoms with Crippen molar-refractivity contribution in [1.82, 2.24) is 0 Å². The van der Waals surface area contributed by atoms with Crippen LogP contribution < -0.4 is 9.64 Å². The van der Waals surface area contributed by atoms with Crippen LogP contribution in [0.3, 0.4) is 0 Å². The van der Waals surface area contributed by atoms with Crippen LogP contribution >= 0.6 is 0 Å². The van der Waals surface area contributed by atoms with Crippen molar-refractivity contribution >= 4 is 11.6 Å². The number of amides is 1. The molecule has 0 atom stereocenters. The first kappa shape index (κ1) is 12.9. The number of para-hydroxylation sites is 2. The fourth-order valence-electron chi connectivity index (χ4n) is 2.25. The molecule has 0 fully saturated rings. The number of nitrogens with zero attached hydrogens (tertiary/aromatic N) is 1. The summed E-state index contributed by atoms with van der Waals surface area (Å²) < 4.78 is 5.91. The topological polar surface area (TPSA) is 29.5 Å². The van der Waals surface area contributed by atoms with Crippen LogP contribution in [0.4, 0.5) is 5.69 Å². The SMILES string of the molecule is CCCCC(=O)N1CC(C)(C)Oc2ccccc21. The van der Waals surface area contributed by atoms with E-state index in [1.54, 1.807) is 0 Å². The Kier molecular flexibility index (Phi) is 3.60. The summed E-state index contributed by atoms with van der Waals surface area (Å²) in [5, 5.41) is 0. The molecule has 1 aliphatic rings. The lowest BCUT2D eigenvalue weighted by atomic mass is 10.0. The van der Waals surface area contributed by atoms with Crippen LogP contribution in [0.5, 0.6) is 5.75 Å². The number of unbranched alkanes of at least 4 members (excludes halogenated alkanes) is 1. The number of hydrogen-bond donors (Lipinski definition) is 0. The lowest BCUT2D eigenvalue weighted by Gasteiger charge is -2.39. The van der Waals surface area contributed by atoms with E-state index in [4.69, 9.17) is 4.74 Å². The van der Waals surface area contributed by atoms with Gasteiger partial charge in [-0.3, -0.25) is 4.79 Å². The van der Waals surface area contributed by atoms with E-state index < -0.39 is 0 Å². The van der Waals surface area contributed by atoms with Gasteiger partial charge in [0.25, 0.3) is 0 Å². The first-order chi connectivity index (χ1) is 8.53. The van der Waals surface area contributed by atoms with Crippen LogP contribution in [0.25, 0.3) is 0 Å². The molecule has 0 N–H and O–H groups in total. The Labute approximate surface area is 109 Å². The molecular formula is C15H21NO2. The zero-order chi connectivity index (χ0) is 13.2. The van der Waals surface area contributed by atoms with E-state index >= 15 is 0 Å². The van der Waals surface area contributed by atoms with Gasteiger partial charge in [-0.25, -0.2) is 0 Å². The molecule has 0 saturated carbocycles. The summed E-state index contributed by atoms with van der Waals surface area (Å²) in [7, 11) is 0. The Balaban J connectivity index is 2.27. The van der Waals surface area contributed by atoms with Crippen molar-refractivity contribution in [3.8, 4) is 5.75 Å². The van der Waals surface area contributed by atoms with Crippen LogP contribution in [-0.4, -0.2) is 18.1 Å². The van der Waals surface area contributed by atoms with Crippen LogP contribution in [0.2, 0.25) is 0 Å². The van der Waals surface area contributed by atoms with Crippen molar-refractivity contribution in [2.75, 3.05) is 11.4 Å². The van der Waals surface area contributed by atoms with Crippen LogP contribution in [-0.2, 0) is 4.79 Å². The summed E-state index contributed by atoms with van der Waals surface area (Å²) in [5.41, 5.74) is 0.578. The van der Waals surface area contributed by atoms with Crippen LogP contribution in [0, 0.1) is 0 Å². The second-order valence-corrected chi connectivity index (χ2v) is 5.41. The van der Waals surface area contributed by atoms with Gasteiger partial charge in [-0.05, 0) is 32.4 Å². The van der Waals surface area contributed by atoms with Crippen molar-refractivity contribution in [3.63, 3.8) is 0 Å². The largest absolute Gasteiger partial charge is 0.484 e. The van der Waals surface area contributed by atoms with E-state index in [2.05, 4.69) is 6.92 Å². The van der Waals surface area contributed by atoms with Gasteiger partial charge in [0.1, 0.15) is 11.4 Å². The highest BCUT2D eigenvalue weighted by atomic mass is 16.5. The molecule has 1 aliphatic heterocycles. The van der Waals surface area contributed by atoms with Crippen molar-refractivity contribution in [1.29, 1.82) is 0 Å². The third kappa shape index (κ3) is 2.66. The maximum absolute atomic E-state index is 12.3. The quantitative estimate of drug-likeness (QED) is 0.819. The predicted molar refractivity (Wildman–Crippen MR) is 73.0 cm³/mol. The number of carbonyl (C=O) groups excluding carboxylic acids is 1. The molecule has 18 heavy (non-hydrogen) atoms. The molecular weight excluding hydrogens is 226 g/mol. The van der Waals surface area contributed by atoms with Crippen LogP contribution in [0.1, 0.15) is 40.0 Å². The molecule has 2 rings (SSSR count). The van der Waals surface area contributed by atoms with Gasteiger partial charge in [-0.15, -0.1) is 0 Å². The summed E-state index contributed by atoms with van der Waals surface area (Å²) in [6.07, 6.45) is 2.60. The van der Waals surface area contributed by atoms with Gasteiger partial charge in [0.15, 0.2) is 0 Å². The van der Waals surface area contributed by atoms with Gasteiger partial charge >= 0.3 is 0 Å². The standard InChI is InChI=1S/C15H21NO2/c1-4-5-10-14(17)16-11-15(2,3)18-13-9-7-6-8-12(13)16/h6-9H,4-5,10-11H2,1-3H3. The third-order valence-corrected chi connectivity index (χ3v) is 3.13. The van der Waals surface area contributed by atoms with E-state index in [0.717, 1.165) is 24.3 Å². The molecule has 1 aromatic rings. The highest BCUT2D eigenvalue weighted by Crippen LogP contribution is 2.36. The van der Waals surface area contributed by atoms with Crippen molar-refractivity contribution in [3.05, 3.63) is 24.3 Å². The highest BCUT2D eigenvalue weighted by Gasteiger charge is 2.34. The molecule has 0 bridgehead atoms. The van der Waals surface area contributed by atoms with Crippen molar-refractivity contribution in [2.45, 2.75) is 45.6 Å². The number of benzene rings is 1. The number of anilines is 1. The van der Waals surface area contributed by atoms with Gasteiger partial charge in [-0.2, -0.15) is 0 Å². The number of ether oxygens (including phenoxy) is 1. The normalized spacial score (nSPS) is 16.9. The molecule has 3 nitrogen and oxygen atoms in total. The van der Waals surface area contributed by atoms with Crippen LogP contribution in [0.15, 0.2) is 24.3 Å². The second-order valence-electron chi connectivity index (χ2n) is 5.41. The third-order valence-electron chi connectivity index (χ3n) is 3.13. The Hall–Kier alpha value is -1.51. The number of rotatable bonds is 3. The van der Waals surface area contributed by atoms with Gasteiger partial charge < -0.3 is 9.64 Å². The van der Waals surface area contributed by atoms with E-state index in [1.165, 1.54) is 0 Å². The maximum Gasteiger partial charge on any atom is 0.227 e. The second kappa shape index (κ2) is 5.01. The summed E-state index contributed by atoms with van der Waals surface area (Å²) in [4.78, 5) is 14.1. The Morgan fingerprint density at radius 3 is 2.83 bits per heavy atom. The van der Waals surface area contributed by atoms with E-state index in [9.17, 15) is 4.79 Å². The maximum atomic E-state index is 12.3. The van der Waals surface area contributed by atoms with Gasteiger partial charge in [0.2, 0.25) is 5.91 Å². The zero-order valence-electron chi connectivity index (χ0n) is 11.4.